The van der Waals surface area contributed by atoms with Crippen LogP contribution in [0, 0.1) is 17.5 Å². The number of carbonyl (C=O) groups is 2. The van der Waals surface area contributed by atoms with Gasteiger partial charge in [-0.2, -0.15) is 0 Å². The second-order valence-electron chi connectivity index (χ2n) is 5.97. The van der Waals surface area contributed by atoms with Crippen molar-refractivity contribution in [3.05, 3.63) is 77.7 Å². The molecule has 0 atom stereocenters. The summed E-state index contributed by atoms with van der Waals surface area (Å²) in [4.78, 5) is 26.6. The molecule has 1 heterocycles. The van der Waals surface area contributed by atoms with E-state index in [1.807, 2.05) is 6.07 Å². The molecule has 0 radical (unpaired) electrons. The predicted octanol–water partition coefficient (Wildman–Crippen LogP) is 3.86. The van der Waals surface area contributed by atoms with Crippen molar-refractivity contribution in [2.45, 2.75) is 6.42 Å². The van der Waals surface area contributed by atoms with Crippen molar-refractivity contribution in [3.63, 3.8) is 0 Å². The van der Waals surface area contributed by atoms with Crippen LogP contribution in [0.1, 0.15) is 16.8 Å². The van der Waals surface area contributed by atoms with Gasteiger partial charge in [0.2, 0.25) is 5.91 Å². The number of amides is 2. The van der Waals surface area contributed by atoms with E-state index in [4.69, 9.17) is 0 Å². The molecular formula is C20H16F3N3O2. The summed E-state index contributed by atoms with van der Waals surface area (Å²) in [5.74, 6) is -4.19. The Morgan fingerprint density at radius 2 is 1.64 bits per heavy atom. The van der Waals surface area contributed by atoms with Gasteiger partial charge in [0.15, 0.2) is 11.6 Å². The fourth-order valence-electron chi connectivity index (χ4n) is 2.55. The number of halogens is 3. The molecule has 3 rings (SSSR count). The van der Waals surface area contributed by atoms with E-state index < -0.39 is 23.4 Å². The third-order valence-electron chi connectivity index (χ3n) is 3.94. The van der Waals surface area contributed by atoms with Gasteiger partial charge in [0.25, 0.3) is 5.91 Å². The molecule has 144 valence electrons. The third-order valence-corrected chi connectivity index (χ3v) is 3.94. The van der Waals surface area contributed by atoms with Crippen LogP contribution in [0.2, 0.25) is 0 Å². The lowest BCUT2D eigenvalue weighted by Crippen LogP contribution is -2.27. The van der Waals surface area contributed by atoms with Crippen LogP contribution in [-0.4, -0.2) is 23.3 Å². The lowest BCUT2D eigenvalue weighted by molar-refractivity contribution is -0.116. The molecule has 0 fully saturated rings. The molecule has 0 saturated heterocycles. The molecule has 2 amide bonds. The van der Waals surface area contributed by atoms with Gasteiger partial charge in [-0.05, 0) is 24.3 Å². The smallest absolute Gasteiger partial charge is 0.252 e. The summed E-state index contributed by atoms with van der Waals surface area (Å²) in [5, 5.41) is 5.26. The Balaban J connectivity index is 1.56. The second-order valence-corrected chi connectivity index (χ2v) is 5.97. The van der Waals surface area contributed by atoms with Gasteiger partial charge in [-0.25, -0.2) is 13.2 Å². The Hall–Kier alpha value is -3.55. The minimum Gasteiger partial charge on any atom is -0.360 e. The molecule has 3 aromatic rings. The molecule has 5 nitrogen and oxygen atoms in total. The number of hydrogen-bond acceptors (Lipinski definition) is 2. The first kappa shape index (κ1) is 19.2. The van der Waals surface area contributed by atoms with Gasteiger partial charge < -0.3 is 15.6 Å². The van der Waals surface area contributed by atoms with E-state index in [9.17, 15) is 22.8 Å². The SMILES string of the molecule is O=C(CCNC(=O)c1c[nH]c(-c2cc(F)c(F)cc2F)c1)Nc1ccccc1. The summed E-state index contributed by atoms with van der Waals surface area (Å²) in [6, 6.07) is 11.4. The molecule has 0 aliphatic carbocycles. The molecule has 0 aliphatic heterocycles. The lowest BCUT2D eigenvalue weighted by Gasteiger charge is -2.06. The predicted molar refractivity (Wildman–Crippen MR) is 98.1 cm³/mol. The zero-order valence-corrected chi connectivity index (χ0v) is 14.6. The van der Waals surface area contributed by atoms with Gasteiger partial charge in [-0.3, -0.25) is 9.59 Å². The van der Waals surface area contributed by atoms with Gasteiger partial charge in [0.05, 0.1) is 5.56 Å². The van der Waals surface area contributed by atoms with Crippen molar-refractivity contribution in [2.75, 3.05) is 11.9 Å². The molecular weight excluding hydrogens is 371 g/mol. The largest absolute Gasteiger partial charge is 0.360 e. The maximum atomic E-state index is 13.8. The van der Waals surface area contributed by atoms with Crippen molar-refractivity contribution in [2.24, 2.45) is 0 Å². The van der Waals surface area contributed by atoms with Crippen LogP contribution in [-0.2, 0) is 4.79 Å². The summed E-state index contributed by atoms with van der Waals surface area (Å²) in [6.07, 6.45) is 1.38. The fraction of sp³-hybridized carbons (Fsp3) is 0.100. The molecule has 0 unspecified atom stereocenters. The summed E-state index contributed by atoms with van der Waals surface area (Å²) in [6.45, 7) is 0.0948. The van der Waals surface area contributed by atoms with E-state index in [0.717, 1.165) is 0 Å². The number of rotatable bonds is 6. The van der Waals surface area contributed by atoms with Crippen LogP contribution in [0.15, 0.2) is 54.7 Å². The number of hydrogen-bond donors (Lipinski definition) is 3. The number of H-pyrrole nitrogens is 1. The van der Waals surface area contributed by atoms with Crippen LogP contribution in [0.5, 0.6) is 0 Å². The lowest BCUT2D eigenvalue weighted by atomic mass is 10.1. The normalized spacial score (nSPS) is 10.5. The Bertz CT molecular complexity index is 1000. The van der Waals surface area contributed by atoms with Crippen molar-refractivity contribution in [1.29, 1.82) is 0 Å². The number of aromatic amines is 1. The Kier molecular flexibility index (Phi) is 5.78. The van der Waals surface area contributed by atoms with Gasteiger partial charge in [0, 0.05) is 42.2 Å². The molecule has 3 N–H and O–H groups in total. The van der Waals surface area contributed by atoms with Crippen LogP contribution < -0.4 is 10.6 Å². The van der Waals surface area contributed by atoms with Crippen molar-refractivity contribution < 1.29 is 22.8 Å². The molecule has 2 aromatic carbocycles. The van der Waals surface area contributed by atoms with Gasteiger partial charge in [0.1, 0.15) is 5.82 Å². The first-order chi connectivity index (χ1) is 13.4. The van der Waals surface area contributed by atoms with E-state index in [0.29, 0.717) is 17.8 Å². The highest BCUT2D eigenvalue weighted by Gasteiger charge is 2.15. The third kappa shape index (κ3) is 4.59. The van der Waals surface area contributed by atoms with E-state index in [2.05, 4.69) is 15.6 Å². The average Bonchev–Trinajstić information content (AvgIpc) is 3.15. The zero-order chi connectivity index (χ0) is 20.1. The number of aromatic nitrogens is 1. The van der Waals surface area contributed by atoms with Crippen molar-refractivity contribution in [1.82, 2.24) is 10.3 Å². The molecule has 1 aromatic heterocycles. The monoisotopic (exact) mass is 387 g/mol. The van der Waals surface area contributed by atoms with E-state index in [1.54, 1.807) is 24.3 Å². The van der Waals surface area contributed by atoms with E-state index in [-0.39, 0.29) is 35.7 Å². The minimum absolute atomic E-state index is 0.0652. The van der Waals surface area contributed by atoms with Gasteiger partial charge >= 0.3 is 0 Å². The van der Waals surface area contributed by atoms with E-state index in [1.165, 1.54) is 12.3 Å². The van der Waals surface area contributed by atoms with Crippen LogP contribution in [0.3, 0.4) is 0 Å². The van der Waals surface area contributed by atoms with Crippen molar-refractivity contribution in [3.8, 4) is 11.3 Å². The van der Waals surface area contributed by atoms with Crippen LogP contribution in [0.4, 0.5) is 18.9 Å². The molecule has 8 heteroatoms. The van der Waals surface area contributed by atoms with Gasteiger partial charge in [-0.1, -0.05) is 18.2 Å². The second kappa shape index (κ2) is 8.43. The minimum atomic E-state index is -1.29. The van der Waals surface area contributed by atoms with E-state index >= 15 is 0 Å². The first-order valence-corrected chi connectivity index (χ1v) is 8.40. The summed E-state index contributed by atoms with van der Waals surface area (Å²) < 4.78 is 40.2. The number of nitrogens with one attached hydrogen (secondary N) is 3. The first-order valence-electron chi connectivity index (χ1n) is 8.40. The maximum absolute atomic E-state index is 13.8. The van der Waals surface area contributed by atoms with Crippen molar-refractivity contribution >= 4 is 17.5 Å². The summed E-state index contributed by atoms with van der Waals surface area (Å²) in [5.41, 5.74) is 0.758. The maximum Gasteiger partial charge on any atom is 0.252 e. The topological polar surface area (TPSA) is 74.0 Å². The van der Waals surface area contributed by atoms with Gasteiger partial charge in [-0.15, -0.1) is 0 Å². The summed E-state index contributed by atoms with van der Waals surface area (Å²) in [7, 11) is 0. The van der Waals surface area contributed by atoms with Crippen LogP contribution in [0.25, 0.3) is 11.3 Å². The number of benzene rings is 2. The molecule has 0 spiro atoms. The fourth-order valence-corrected chi connectivity index (χ4v) is 2.55. The van der Waals surface area contributed by atoms with Crippen LogP contribution >= 0.6 is 0 Å². The quantitative estimate of drug-likeness (QED) is 0.562. The Labute approximate surface area is 158 Å². The molecule has 28 heavy (non-hydrogen) atoms. The highest BCUT2D eigenvalue weighted by molar-refractivity contribution is 5.96. The zero-order valence-electron chi connectivity index (χ0n) is 14.6. The Morgan fingerprint density at radius 1 is 0.929 bits per heavy atom. The molecule has 0 aliphatic rings. The molecule has 0 bridgehead atoms. The average molecular weight is 387 g/mol. The standard InChI is InChI=1S/C20H16F3N3O2/c21-15-10-17(23)16(22)9-14(15)18-8-12(11-25-18)20(28)24-7-6-19(27)26-13-4-2-1-3-5-13/h1-5,8-11,25H,6-7H2,(H,24,28)(H,26,27). The highest BCUT2D eigenvalue weighted by Crippen LogP contribution is 2.25. The number of carbonyl (C=O) groups excluding carboxylic acids is 2. The summed E-state index contributed by atoms with van der Waals surface area (Å²) >= 11 is 0. The Morgan fingerprint density at radius 3 is 2.39 bits per heavy atom. The number of para-hydroxylation sites is 1. The number of anilines is 1. The molecule has 0 saturated carbocycles. The highest BCUT2D eigenvalue weighted by atomic mass is 19.2.